The number of carbonyl (C=O) groups is 1. The zero-order valence-electron chi connectivity index (χ0n) is 10.5. The molecule has 0 aromatic carbocycles. The lowest BCUT2D eigenvalue weighted by Gasteiger charge is -1.98. The van der Waals surface area contributed by atoms with E-state index in [4.69, 9.17) is 4.84 Å². The van der Waals surface area contributed by atoms with Gasteiger partial charge < -0.3 is 33.6 Å². The fraction of sp³-hybridized carbons (Fsp3) is 0.250. The molecule has 6 heteroatoms. The molecule has 5 nitrogen and oxygen atoms in total. The minimum Gasteiger partial charge on any atom is -1.00 e. The van der Waals surface area contributed by atoms with E-state index < -0.39 is 5.97 Å². The highest BCUT2D eigenvalue weighted by Gasteiger charge is 2.05. The predicted molar refractivity (Wildman–Crippen MR) is 62.3 cm³/mol. The Kier molecular flexibility index (Phi) is 7.93. The Bertz CT molecular complexity index is 458. The van der Waals surface area contributed by atoms with Crippen molar-refractivity contribution in [1.29, 1.82) is 0 Å². The summed E-state index contributed by atoms with van der Waals surface area (Å²) in [5.41, 5.74) is 1.39. The van der Waals surface area contributed by atoms with Crippen LogP contribution in [0.1, 0.15) is 5.56 Å². The number of pyridine rings is 1. The lowest BCUT2D eigenvalue weighted by atomic mass is 10.1. The fourth-order valence-electron chi connectivity index (χ4n) is 1.23. The Balaban J connectivity index is 0.00000289. The van der Waals surface area contributed by atoms with Gasteiger partial charge in [-0.3, -0.25) is 0 Å². The van der Waals surface area contributed by atoms with Crippen LogP contribution < -0.4 is 28.5 Å². The zero-order chi connectivity index (χ0) is 12.7. The number of esters is 1. The zero-order valence-corrected chi connectivity index (χ0v) is 12.6. The lowest BCUT2D eigenvalue weighted by molar-refractivity contribution is -0.671. The molecule has 1 aromatic rings. The summed E-state index contributed by atoms with van der Waals surface area (Å²) in [6.45, 7) is 0. The number of hydrogen-bond donors (Lipinski definition) is 0. The van der Waals surface area contributed by atoms with Crippen LogP contribution in [-0.4, -0.2) is 25.9 Å². The van der Waals surface area contributed by atoms with Crippen molar-refractivity contribution < 1.29 is 42.9 Å². The van der Waals surface area contributed by atoms with Gasteiger partial charge in [-0.15, -0.1) is 0 Å². The number of nitrogens with zero attached hydrogens (tertiary/aromatic N) is 2. The SMILES string of the molecule is CO/N=C(/C=C/C(=O)OC)c1ccc[n+](C)c1.[I-]. The van der Waals surface area contributed by atoms with Crippen LogP contribution in [0.15, 0.2) is 41.8 Å². The van der Waals surface area contributed by atoms with Gasteiger partial charge in [0.1, 0.15) is 19.9 Å². The van der Waals surface area contributed by atoms with Crippen molar-refractivity contribution in [2.24, 2.45) is 12.2 Å². The summed E-state index contributed by atoms with van der Waals surface area (Å²) in [6, 6.07) is 3.76. The molecule has 98 valence electrons. The van der Waals surface area contributed by atoms with Crippen molar-refractivity contribution in [3.63, 3.8) is 0 Å². The minimum absolute atomic E-state index is 0. The summed E-state index contributed by atoms with van der Waals surface area (Å²) >= 11 is 0. The average molecular weight is 362 g/mol. The monoisotopic (exact) mass is 362 g/mol. The molecule has 0 unspecified atom stereocenters. The third kappa shape index (κ3) is 5.26. The van der Waals surface area contributed by atoms with Crippen LogP contribution in [0.3, 0.4) is 0 Å². The summed E-state index contributed by atoms with van der Waals surface area (Å²) in [5, 5.41) is 3.85. The maximum Gasteiger partial charge on any atom is 0.330 e. The number of methoxy groups -OCH3 is 1. The van der Waals surface area contributed by atoms with E-state index in [2.05, 4.69) is 9.89 Å². The molecule has 1 aromatic heterocycles. The van der Waals surface area contributed by atoms with Crippen molar-refractivity contribution in [3.8, 4) is 0 Å². The summed E-state index contributed by atoms with van der Waals surface area (Å²) in [4.78, 5) is 15.7. The maximum absolute atomic E-state index is 11.0. The van der Waals surface area contributed by atoms with E-state index in [1.165, 1.54) is 20.3 Å². The first-order valence-electron chi connectivity index (χ1n) is 5.00. The first-order chi connectivity index (χ1) is 8.17. The van der Waals surface area contributed by atoms with Gasteiger partial charge in [0.25, 0.3) is 0 Å². The molecule has 0 amide bonds. The van der Waals surface area contributed by atoms with Crippen molar-refractivity contribution >= 4 is 11.7 Å². The number of aryl methyl sites for hydroxylation is 1. The van der Waals surface area contributed by atoms with Gasteiger partial charge >= 0.3 is 5.97 Å². The summed E-state index contributed by atoms with van der Waals surface area (Å²) < 4.78 is 6.39. The van der Waals surface area contributed by atoms with E-state index in [-0.39, 0.29) is 24.0 Å². The molecule has 0 fully saturated rings. The second-order valence-electron chi connectivity index (χ2n) is 3.27. The number of hydrogen-bond acceptors (Lipinski definition) is 4. The number of rotatable bonds is 4. The van der Waals surface area contributed by atoms with Gasteiger partial charge in [0.2, 0.25) is 0 Å². The van der Waals surface area contributed by atoms with Gasteiger partial charge in [0.15, 0.2) is 12.4 Å². The van der Waals surface area contributed by atoms with Gasteiger partial charge in [0.05, 0.1) is 12.7 Å². The van der Waals surface area contributed by atoms with Crippen LogP contribution in [0.25, 0.3) is 0 Å². The summed E-state index contributed by atoms with van der Waals surface area (Å²) in [6.07, 6.45) is 6.62. The molecule has 0 aliphatic carbocycles. The van der Waals surface area contributed by atoms with Gasteiger partial charge in [0, 0.05) is 12.1 Å². The van der Waals surface area contributed by atoms with E-state index in [0.29, 0.717) is 5.71 Å². The number of carbonyl (C=O) groups excluding carboxylic acids is 1. The van der Waals surface area contributed by atoms with Crippen LogP contribution in [0.2, 0.25) is 0 Å². The lowest BCUT2D eigenvalue weighted by Crippen LogP contribution is -3.00. The van der Waals surface area contributed by atoms with Crippen molar-refractivity contribution in [2.45, 2.75) is 0 Å². The summed E-state index contributed by atoms with van der Waals surface area (Å²) in [7, 11) is 4.68. The largest absolute Gasteiger partial charge is 1.00 e. The smallest absolute Gasteiger partial charge is 0.330 e. The average Bonchev–Trinajstić information content (AvgIpc) is 2.34. The van der Waals surface area contributed by atoms with E-state index in [1.807, 2.05) is 36.1 Å². The topological polar surface area (TPSA) is 51.8 Å². The highest BCUT2D eigenvalue weighted by molar-refractivity contribution is 6.10. The number of oxime groups is 1. The number of aromatic nitrogens is 1. The minimum atomic E-state index is -0.436. The Morgan fingerprint density at radius 1 is 1.39 bits per heavy atom. The standard InChI is InChI=1S/C12H15N2O3.HI/c1-14-8-4-5-10(9-14)11(13-17-3)6-7-12(15)16-2;/h4-9H,1-3H3;1H/q+1;/p-1/b7-6+,13-11-;. The highest BCUT2D eigenvalue weighted by Crippen LogP contribution is 2.00. The first kappa shape index (κ1) is 16.6. The quantitative estimate of drug-likeness (QED) is 0.150. The third-order valence-electron chi connectivity index (χ3n) is 2.00. The first-order valence-corrected chi connectivity index (χ1v) is 5.00. The Morgan fingerprint density at radius 2 is 2.11 bits per heavy atom. The number of allylic oxidation sites excluding steroid dienone is 1. The van der Waals surface area contributed by atoms with E-state index >= 15 is 0 Å². The Morgan fingerprint density at radius 3 is 2.67 bits per heavy atom. The Labute approximate surface area is 123 Å². The van der Waals surface area contributed by atoms with Gasteiger partial charge in [-0.05, 0) is 12.1 Å². The van der Waals surface area contributed by atoms with Gasteiger partial charge in [-0.2, -0.15) is 0 Å². The van der Waals surface area contributed by atoms with Crippen molar-refractivity contribution in [3.05, 3.63) is 42.2 Å². The van der Waals surface area contributed by atoms with E-state index in [1.54, 1.807) is 6.08 Å². The normalized spacial score (nSPS) is 10.9. The van der Waals surface area contributed by atoms with Crippen LogP contribution in [0.5, 0.6) is 0 Å². The molecule has 0 saturated heterocycles. The molecular formula is C12H15IN2O3. The molecule has 18 heavy (non-hydrogen) atoms. The molecule has 0 radical (unpaired) electrons. The van der Waals surface area contributed by atoms with Gasteiger partial charge in [-0.25, -0.2) is 9.36 Å². The predicted octanol–water partition coefficient (Wildman–Crippen LogP) is -2.41. The second kappa shape index (κ2) is 8.62. The van der Waals surface area contributed by atoms with Crippen LogP contribution >= 0.6 is 0 Å². The maximum atomic E-state index is 11.0. The highest BCUT2D eigenvalue weighted by atomic mass is 127. The third-order valence-corrected chi connectivity index (χ3v) is 2.00. The summed E-state index contributed by atoms with van der Waals surface area (Å²) in [5.74, 6) is -0.436. The molecule has 0 bridgehead atoms. The second-order valence-corrected chi connectivity index (χ2v) is 3.27. The molecule has 0 aliphatic heterocycles. The molecule has 0 N–H and O–H groups in total. The van der Waals surface area contributed by atoms with Crippen LogP contribution in [-0.2, 0) is 21.4 Å². The van der Waals surface area contributed by atoms with Gasteiger partial charge in [-0.1, -0.05) is 5.16 Å². The number of halogens is 1. The number of ether oxygens (including phenoxy) is 1. The van der Waals surface area contributed by atoms with Crippen molar-refractivity contribution in [2.75, 3.05) is 14.2 Å². The van der Waals surface area contributed by atoms with Crippen LogP contribution in [0.4, 0.5) is 0 Å². The van der Waals surface area contributed by atoms with Crippen LogP contribution in [0, 0.1) is 0 Å². The molecule has 1 heterocycles. The Hall–Kier alpha value is -1.44. The molecular weight excluding hydrogens is 347 g/mol. The van der Waals surface area contributed by atoms with E-state index in [9.17, 15) is 4.79 Å². The molecule has 0 atom stereocenters. The fourth-order valence-corrected chi connectivity index (χ4v) is 1.23. The van der Waals surface area contributed by atoms with E-state index in [0.717, 1.165) is 5.56 Å². The molecule has 1 rings (SSSR count). The molecule has 0 spiro atoms. The van der Waals surface area contributed by atoms with Crippen molar-refractivity contribution in [1.82, 2.24) is 0 Å². The molecule has 0 aliphatic rings. The molecule has 0 saturated carbocycles.